The van der Waals surface area contributed by atoms with Gasteiger partial charge >= 0.3 is 0 Å². The molecule has 0 aliphatic rings. The lowest BCUT2D eigenvalue weighted by atomic mass is 10.00. The third-order valence-electron chi connectivity index (χ3n) is 3.44. The zero-order valence-electron chi connectivity index (χ0n) is 10.6. The summed E-state index contributed by atoms with van der Waals surface area (Å²) in [5, 5.41) is 11.5. The molecule has 0 bridgehead atoms. The fourth-order valence-electron chi connectivity index (χ4n) is 2.51. The lowest BCUT2D eigenvalue weighted by Gasteiger charge is -2.03. The van der Waals surface area contributed by atoms with Gasteiger partial charge in [0, 0.05) is 17.0 Å². The molecule has 0 fully saturated rings. The topological polar surface area (TPSA) is 52.5 Å². The summed E-state index contributed by atoms with van der Waals surface area (Å²) in [6.07, 6.45) is 1.85. The Morgan fingerprint density at radius 1 is 1.22 bits per heavy atom. The van der Waals surface area contributed by atoms with Gasteiger partial charge in [0.2, 0.25) is 0 Å². The van der Waals surface area contributed by atoms with Gasteiger partial charge in [-0.15, -0.1) is 0 Å². The van der Waals surface area contributed by atoms with Gasteiger partial charge in [-0.05, 0) is 49.6 Å². The molecule has 0 atom stereocenters. The average molecular weight is 235 g/mol. The van der Waals surface area contributed by atoms with Gasteiger partial charge in [-0.1, -0.05) is 0 Å². The molecule has 3 rings (SSSR count). The Labute approximate surface area is 105 Å². The standard InChI is InChI=1S/C15H13N3/c1-8-4-12-13-9(2)5-11(6-16)10(3)14(13)18-15(12)17-7-8/h4-5,7H,1-3H3,(H,17,18). The van der Waals surface area contributed by atoms with Crippen LogP contribution in [0.1, 0.15) is 22.3 Å². The quantitative estimate of drug-likeness (QED) is 0.648. The van der Waals surface area contributed by atoms with Crippen molar-refractivity contribution in [2.75, 3.05) is 0 Å². The number of nitrogens with one attached hydrogen (secondary N) is 1. The van der Waals surface area contributed by atoms with Crippen molar-refractivity contribution in [2.24, 2.45) is 0 Å². The lowest BCUT2D eigenvalue weighted by molar-refractivity contribution is 1.29. The minimum absolute atomic E-state index is 0.725. The summed E-state index contributed by atoms with van der Waals surface area (Å²) in [6.45, 7) is 6.05. The number of pyridine rings is 1. The molecule has 0 aliphatic heterocycles. The SMILES string of the molecule is Cc1cnc2[nH]c3c(C)c(C#N)cc(C)c3c2c1. The maximum atomic E-state index is 9.14. The van der Waals surface area contributed by atoms with E-state index >= 15 is 0 Å². The zero-order valence-corrected chi connectivity index (χ0v) is 10.6. The fraction of sp³-hybridized carbons (Fsp3) is 0.200. The molecule has 0 saturated heterocycles. The van der Waals surface area contributed by atoms with Crippen LogP contribution in [-0.4, -0.2) is 9.97 Å². The zero-order chi connectivity index (χ0) is 12.9. The summed E-state index contributed by atoms with van der Waals surface area (Å²) in [4.78, 5) is 7.74. The molecule has 3 heteroatoms. The number of nitriles is 1. The van der Waals surface area contributed by atoms with Gasteiger partial charge in [0.05, 0.1) is 17.1 Å². The third kappa shape index (κ3) is 1.32. The highest BCUT2D eigenvalue weighted by molar-refractivity contribution is 6.09. The summed E-state index contributed by atoms with van der Waals surface area (Å²) >= 11 is 0. The van der Waals surface area contributed by atoms with E-state index in [1.54, 1.807) is 0 Å². The minimum Gasteiger partial charge on any atom is -0.339 e. The van der Waals surface area contributed by atoms with Gasteiger partial charge in [-0.3, -0.25) is 0 Å². The van der Waals surface area contributed by atoms with Crippen molar-refractivity contribution >= 4 is 21.9 Å². The molecule has 3 aromatic rings. The van der Waals surface area contributed by atoms with Gasteiger partial charge in [-0.25, -0.2) is 4.98 Å². The van der Waals surface area contributed by atoms with Crippen LogP contribution in [0.2, 0.25) is 0 Å². The number of rotatable bonds is 0. The van der Waals surface area contributed by atoms with Crippen LogP contribution in [0.5, 0.6) is 0 Å². The van der Waals surface area contributed by atoms with Crippen LogP contribution in [-0.2, 0) is 0 Å². The average Bonchev–Trinajstić information content (AvgIpc) is 2.73. The molecule has 0 saturated carbocycles. The highest BCUT2D eigenvalue weighted by Crippen LogP contribution is 2.31. The van der Waals surface area contributed by atoms with E-state index in [4.69, 9.17) is 5.26 Å². The largest absolute Gasteiger partial charge is 0.339 e. The van der Waals surface area contributed by atoms with Crippen LogP contribution < -0.4 is 0 Å². The van der Waals surface area contributed by atoms with Crippen molar-refractivity contribution < 1.29 is 0 Å². The van der Waals surface area contributed by atoms with Crippen molar-refractivity contribution in [1.29, 1.82) is 5.26 Å². The number of hydrogen-bond donors (Lipinski definition) is 1. The molecule has 2 aromatic heterocycles. The van der Waals surface area contributed by atoms with Crippen molar-refractivity contribution in [3.63, 3.8) is 0 Å². The Kier molecular flexibility index (Phi) is 2.14. The highest BCUT2D eigenvalue weighted by atomic mass is 14.8. The van der Waals surface area contributed by atoms with Crippen LogP contribution in [0.15, 0.2) is 18.3 Å². The Bertz CT molecular complexity index is 819. The van der Waals surface area contributed by atoms with E-state index in [2.05, 4.69) is 22.1 Å². The predicted molar refractivity (Wildman–Crippen MR) is 72.5 cm³/mol. The van der Waals surface area contributed by atoms with Gasteiger partial charge < -0.3 is 4.98 Å². The minimum atomic E-state index is 0.725. The second kappa shape index (κ2) is 3.58. The van der Waals surface area contributed by atoms with Gasteiger partial charge in [0.25, 0.3) is 0 Å². The third-order valence-corrected chi connectivity index (χ3v) is 3.44. The monoisotopic (exact) mass is 235 g/mol. The Hall–Kier alpha value is -2.34. The van der Waals surface area contributed by atoms with Gasteiger partial charge in [-0.2, -0.15) is 5.26 Å². The number of hydrogen-bond acceptors (Lipinski definition) is 2. The summed E-state index contributed by atoms with van der Waals surface area (Å²) in [5.41, 5.74) is 5.89. The Morgan fingerprint density at radius 2 is 2.00 bits per heavy atom. The van der Waals surface area contributed by atoms with Gasteiger partial charge in [0.15, 0.2) is 0 Å². The molecule has 1 N–H and O–H groups in total. The van der Waals surface area contributed by atoms with E-state index in [1.165, 1.54) is 5.39 Å². The molecular formula is C15H13N3. The van der Waals surface area contributed by atoms with E-state index in [0.717, 1.165) is 38.8 Å². The summed E-state index contributed by atoms with van der Waals surface area (Å²) in [6, 6.07) is 6.33. The van der Waals surface area contributed by atoms with Crippen molar-refractivity contribution in [1.82, 2.24) is 9.97 Å². The molecule has 0 amide bonds. The summed E-state index contributed by atoms with van der Waals surface area (Å²) in [7, 11) is 0. The van der Waals surface area contributed by atoms with E-state index in [-0.39, 0.29) is 0 Å². The number of nitrogens with zero attached hydrogens (tertiary/aromatic N) is 2. The number of benzene rings is 1. The smallest absolute Gasteiger partial charge is 0.138 e. The predicted octanol–water partition coefficient (Wildman–Crippen LogP) is 3.51. The van der Waals surface area contributed by atoms with Crippen LogP contribution in [0.3, 0.4) is 0 Å². The number of aromatic amines is 1. The summed E-state index contributed by atoms with van der Waals surface area (Å²) < 4.78 is 0. The van der Waals surface area contributed by atoms with E-state index < -0.39 is 0 Å². The van der Waals surface area contributed by atoms with Gasteiger partial charge in [0.1, 0.15) is 5.65 Å². The van der Waals surface area contributed by atoms with Crippen LogP contribution in [0.4, 0.5) is 0 Å². The van der Waals surface area contributed by atoms with Crippen molar-refractivity contribution in [2.45, 2.75) is 20.8 Å². The fourth-order valence-corrected chi connectivity index (χ4v) is 2.51. The highest BCUT2D eigenvalue weighted by Gasteiger charge is 2.12. The molecule has 0 aliphatic carbocycles. The second-order valence-electron chi connectivity index (χ2n) is 4.76. The van der Waals surface area contributed by atoms with Crippen LogP contribution in [0.25, 0.3) is 21.9 Å². The van der Waals surface area contributed by atoms with Crippen molar-refractivity contribution in [3.05, 3.63) is 40.6 Å². The molecule has 3 nitrogen and oxygen atoms in total. The van der Waals surface area contributed by atoms with E-state index in [9.17, 15) is 0 Å². The first-order valence-corrected chi connectivity index (χ1v) is 5.90. The molecular weight excluding hydrogens is 222 g/mol. The first-order valence-electron chi connectivity index (χ1n) is 5.90. The maximum absolute atomic E-state index is 9.14. The first kappa shape index (κ1) is 10.8. The number of H-pyrrole nitrogens is 1. The van der Waals surface area contributed by atoms with Crippen LogP contribution in [0, 0.1) is 32.1 Å². The molecule has 1 aromatic carbocycles. The molecule has 2 heterocycles. The molecule has 18 heavy (non-hydrogen) atoms. The lowest BCUT2D eigenvalue weighted by Crippen LogP contribution is -1.87. The van der Waals surface area contributed by atoms with Crippen molar-refractivity contribution in [3.8, 4) is 6.07 Å². The molecule has 88 valence electrons. The number of aromatic nitrogens is 2. The Morgan fingerprint density at radius 3 is 2.72 bits per heavy atom. The number of fused-ring (bicyclic) bond motifs is 3. The Balaban J connectivity index is 2.59. The summed E-state index contributed by atoms with van der Waals surface area (Å²) in [5.74, 6) is 0. The molecule has 0 radical (unpaired) electrons. The molecule has 0 unspecified atom stereocenters. The van der Waals surface area contributed by atoms with Crippen LogP contribution >= 0.6 is 0 Å². The normalized spacial score (nSPS) is 11.0. The van der Waals surface area contributed by atoms with E-state index in [1.807, 2.05) is 33.0 Å². The second-order valence-corrected chi connectivity index (χ2v) is 4.76. The molecule has 0 spiro atoms. The first-order chi connectivity index (χ1) is 8.61. The number of aryl methyl sites for hydroxylation is 3. The maximum Gasteiger partial charge on any atom is 0.138 e. The van der Waals surface area contributed by atoms with E-state index in [0.29, 0.717) is 0 Å².